The Morgan fingerprint density at radius 1 is 1.40 bits per heavy atom. The summed E-state index contributed by atoms with van der Waals surface area (Å²) in [6.45, 7) is 10.5. The minimum Gasteiger partial charge on any atom is -0.339 e. The van der Waals surface area contributed by atoms with Crippen LogP contribution in [0.15, 0.2) is 4.52 Å². The normalized spacial score (nSPS) is 19.9. The molecule has 1 aliphatic rings. The molecule has 1 aliphatic heterocycles. The van der Waals surface area contributed by atoms with E-state index in [1.807, 2.05) is 0 Å². The highest BCUT2D eigenvalue weighted by molar-refractivity contribution is 4.91. The molecule has 0 bridgehead atoms. The van der Waals surface area contributed by atoms with E-state index in [1.165, 1.54) is 19.3 Å². The summed E-state index contributed by atoms with van der Waals surface area (Å²) in [4.78, 5) is 6.93. The number of hydrogen-bond acceptors (Lipinski definition) is 5. The van der Waals surface area contributed by atoms with Crippen LogP contribution in [-0.2, 0) is 6.54 Å². The van der Waals surface area contributed by atoms with Crippen LogP contribution in [0.25, 0.3) is 0 Å². The van der Waals surface area contributed by atoms with Gasteiger partial charge < -0.3 is 9.84 Å². The van der Waals surface area contributed by atoms with Crippen molar-refractivity contribution in [2.75, 3.05) is 19.6 Å². The molecule has 1 saturated heterocycles. The SMILES string of the molecule is CCCN(Cc1noc(C(C)C)n1)CC1CCCCN1. The molecule has 1 unspecified atom stereocenters. The Balaban J connectivity index is 1.89. The number of aromatic nitrogens is 2. The van der Waals surface area contributed by atoms with Gasteiger partial charge in [0.05, 0.1) is 6.54 Å². The summed E-state index contributed by atoms with van der Waals surface area (Å²) >= 11 is 0. The fourth-order valence-corrected chi connectivity index (χ4v) is 2.71. The Morgan fingerprint density at radius 3 is 2.85 bits per heavy atom. The van der Waals surface area contributed by atoms with Crippen molar-refractivity contribution in [1.29, 1.82) is 0 Å². The summed E-state index contributed by atoms with van der Waals surface area (Å²) in [6.07, 6.45) is 5.09. The van der Waals surface area contributed by atoms with Gasteiger partial charge in [-0.05, 0) is 32.4 Å². The van der Waals surface area contributed by atoms with Gasteiger partial charge in [-0.3, -0.25) is 4.90 Å². The minimum atomic E-state index is 0.302. The summed E-state index contributed by atoms with van der Waals surface area (Å²) in [7, 11) is 0. The van der Waals surface area contributed by atoms with Crippen molar-refractivity contribution in [3.05, 3.63) is 11.7 Å². The lowest BCUT2D eigenvalue weighted by atomic mass is 10.0. The van der Waals surface area contributed by atoms with E-state index in [2.05, 4.69) is 41.1 Å². The molecule has 1 fully saturated rings. The number of nitrogens with one attached hydrogen (secondary N) is 1. The third kappa shape index (κ3) is 4.56. The Kier molecular flexibility index (Phi) is 5.98. The second kappa shape index (κ2) is 7.74. The molecule has 2 rings (SSSR count). The highest BCUT2D eigenvalue weighted by Gasteiger charge is 2.18. The Morgan fingerprint density at radius 2 is 2.25 bits per heavy atom. The molecule has 0 aromatic carbocycles. The molecule has 20 heavy (non-hydrogen) atoms. The van der Waals surface area contributed by atoms with Crippen LogP contribution in [0.3, 0.4) is 0 Å². The first-order valence-corrected chi connectivity index (χ1v) is 7.97. The summed E-state index contributed by atoms with van der Waals surface area (Å²) in [5, 5.41) is 7.72. The standard InChI is InChI=1S/C15H28N4O/c1-4-9-19(10-13-7-5-6-8-16-13)11-14-17-15(12(2)3)20-18-14/h12-13,16H,4-11H2,1-3H3. The molecular weight excluding hydrogens is 252 g/mol. The van der Waals surface area contributed by atoms with Crippen LogP contribution in [0.4, 0.5) is 0 Å². The maximum absolute atomic E-state index is 5.29. The Hall–Kier alpha value is -0.940. The van der Waals surface area contributed by atoms with Crippen LogP contribution in [0.1, 0.15) is 64.1 Å². The van der Waals surface area contributed by atoms with Crippen LogP contribution in [0.2, 0.25) is 0 Å². The van der Waals surface area contributed by atoms with Gasteiger partial charge in [-0.25, -0.2) is 0 Å². The predicted molar refractivity (Wildman–Crippen MR) is 79.6 cm³/mol. The number of rotatable bonds is 7. The molecule has 1 atom stereocenters. The topological polar surface area (TPSA) is 54.2 Å². The van der Waals surface area contributed by atoms with Crippen LogP contribution < -0.4 is 5.32 Å². The molecule has 0 radical (unpaired) electrons. The van der Waals surface area contributed by atoms with E-state index >= 15 is 0 Å². The average Bonchev–Trinajstić information content (AvgIpc) is 2.89. The molecule has 1 aromatic rings. The van der Waals surface area contributed by atoms with Crippen molar-refractivity contribution >= 4 is 0 Å². The summed E-state index contributed by atoms with van der Waals surface area (Å²) < 4.78 is 5.29. The Labute approximate surface area is 122 Å². The maximum Gasteiger partial charge on any atom is 0.229 e. The highest BCUT2D eigenvalue weighted by atomic mass is 16.5. The van der Waals surface area contributed by atoms with Crippen LogP contribution in [0, 0.1) is 0 Å². The van der Waals surface area contributed by atoms with Crippen molar-refractivity contribution < 1.29 is 4.52 Å². The Bertz CT molecular complexity index is 385. The quantitative estimate of drug-likeness (QED) is 0.832. The lowest BCUT2D eigenvalue weighted by molar-refractivity contribution is 0.210. The van der Waals surface area contributed by atoms with Crippen molar-refractivity contribution in [1.82, 2.24) is 20.4 Å². The molecule has 1 N–H and O–H groups in total. The van der Waals surface area contributed by atoms with E-state index in [1.54, 1.807) is 0 Å². The lowest BCUT2D eigenvalue weighted by Crippen LogP contribution is -2.43. The molecule has 0 aliphatic carbocycles. The first-order chi connectivity index (χ1) is 9.69. The number of nitrogens with zero attached hydrogens (tertiary/aromatic N) is 3. The zero-order valence-corrected chi connectivity index (χ0v) is 13.1. The molecule has 1 aromatic heterocycles. The first kappa shape index (κ1) is 15.4. The lowest BCUT2D eigenvalue weighted by Gasteiger charge is -2.29. The van der Waals surface area contributed by atoms with Gasteiger partial charge in [-0.15, -0.1) is 0 Å². The van der Waals surface area contributed by atoms with E-state index in [-0.39, 0.29) is 0 Å². The second-order valence-corrected chi connectivity index (χ2v) is 6.09. The van der Waals surface area contributed by atoms with Gasteiger partial charge in [0, 0.05) is 18.5 Å². The molecular formula is C15H28N4O. The van der Waals surface area contributed by atoms with Gasteiger partial charge in [0.1, 0.15) is 0 Å². The zero-order chi connectivity index (χ0) is 14.4. The maximum atomic E-state index is 5.29. The molecule has 5 heteroatoms. The van der Waals surface area contributed by atoms with E-state index < -0.39 is 0 Å². The van der Waals surface area contributed by atoms with Gasteiger partial charge in [0.2, 0.25) is 5.89 Å². The summed E-state index contributed by atoms with van der Waals surface area (Å²) in [5.74, 6) is 1.86. The van der Waals surface area contributed by atoms with Gasteiger partial charge >= 0.3 is 0 Å². The van der Waals surface area contributed by atoms with Gasteiger partial charge in [-0.1, -0.05) is 32.3 Å². The predicted octanol–water partition coefficient (Wildman–Crippen LogP) is 2.55. The largest absolute Gasteiger partial charge is 0.339 e. The number of hydrogen-bond donors (Lipinski definition) is 1. The number of piperidine rings is 1. The fourth-order valence-electron chi connectivity index (χ4n) is 2.71. The minimum absolute atomic E-state index is 0.302. The molecule has 5 nitrogen and oxygen atoms in total. The van der Waals surface area contributed by atoms with E-state index in [0.717, 1.165) is 44.3 Å². The van der Waals surface area contributed by atoms with E-state index in [9.17, 15) is 0 Å². The smallest absolute Gasteiger partial charge is 0.229 e. The molecule has 114 valence electrons. The van der Waals surface area contributed by atoms with Crippen molar-refractivity contribution in [2.24, 2.45) is 0 Å². The van der Waals surface area contributed by atoms with Crippen molar-refractivity contribution in [2.45, 2.75) is 65.0 Å². The van der Waals surface area contributed by atoms with E-state index in [0.29, 0.717) is 12.0 Å². The molecule has 0 amide bonds. The molecule has 0 saturated carbocycles. The third-order valence-electron chi connectivity index (χ3n) is 3.77. The third-order valence-corrected chi connectivity index (χ3v) is 3.77. The van der Waals surface area contributed by atoms with Crippen LogP contribution in [0.5, 0.6) is 0 Å². The van der Waals surface area contributed by atoms with Gasteiger partial charge in [-0.2, -0.15) is 4.98 Å². The summed E-state index contributed by atoms with van der Waals surface area (Å²) in [5.41, 5.74) is 0. The zero-order valence-electron chi connectivity index (χ0n) is 13.1. The average molecular weight is 280 g/mol. The first-order valence-electron chi connectivity index (χ1n) is 7.97. The summed E-state index contributed by atoms with van der Waals surface area (Å²) in [6, 6.07) is 0.617. The molecule has 0 spiro atoms. The van der Waals surface area contributed by atoms with Crippen LogP contribution >= 0.6 is 0 Å². The second-order valence-electron chi connectivity index (χ2n) is 6.09. The van der Waals surface area contributed by atoms with Crippen molar-refractivity contribution in [3.63, 3.8) is 0 Å². The fraction of sp³-hybridized carbons (Fsp3) is 0.867. The van der Waals surface area contributed by atoms with Gasteiger partial charge in [0.25, 0.3) is 0 Å². The molecule has 2 heterocycles. The van der Waals surface area contributed by atoms with E-state index in [4.69, 9.17) is 4.52 Å². The monoisotopic (exact) mass is 280 g/mol. The van der Waals surface area contributed by atoms with Gasteiger partial charge in [0.15, 0.2) is 5.82 Å². The highest BCUT2D eigenvalue weighted by Crippen LogP contribution is 2.13. The van der Waals surface area contributed by atoms with Crippen LogP contribution in [-0.4, -0.2) is 40.7 Å². The van der Waals surface area contributed by atoms with Crippen molar-refractivity contribution in [3.8, 4) is 0 Å².